The Hall–Kier alpha value is -1.35. The van der Waals surface area contributed by atoms with Crippen molar-refractivity contribution in [2.24, 2.45) is 4.99 Å². The summed E-state index contributed by atoms with van der Waals surface area (Å²) in [6.07, 6.45) is 4.12. The summed E-state index contributed by atoms with van der Waals surface area (Å²) in [7, 11) is 1.85. The fourth-order valence-corrected chi connectivity index (χ4v) is 4.20. The van der Waals surface area contributed by atoms with Crippen LogP contribution in [0.1, 0.15) is 37.1 Å². The molecule has 1 saturated heterocycles. The summed E-state index contributed by atoms with van der Waals surface area (Å²) in [4.78, 5) is 12.7. The summed E-state index contributed by atoms with van der Waals surface area (Å²) < 4.78 is 0. The van der Waals surface area contributed by atoms with E-state index >= 15 is 0 Å². The van der Waals surface area contributed by atoms with E-state index in [1.165, 1.54) is 10.4 Å². The molecule has 1 aliphatic heterocycles. The number of rotatable bonds is 5. The van der Waals surface area contributed by atoms with Crippen LogP contribution in [0.3, 0.4) is 0 Å². The first-order valence-corrected chi connectivity index (χ1v) is 10.5. The lowest BCUT2D eigenvalue weighted by Crippen LogP contribution is -2.50. The first-order valence-electron chi connectivity index (χ1n) is 9.67. The van der Waals surface area contributed by atoms with Gasteiger partial charge in [-0.15, -0.1) is 35.3 Å². The molecule has 3 heterocycles. The van der Waals surface area contributed by atoms with Crippen LogP contribution in [-0.2, 0) is 5.41 Å². The van der Waals surface area contributed by atoms with Gasteiger partial charge >= 0.3 is 0 Å². The Labute approximate surface area is 190 Å². The lowest BCUT2D eigenvalue weighted by Gasteiger charge is -2.34. The topological polar surface area (TPSA) is 52.6 Å². The molecule has 2 aromatic heterocycles. The number of pyridine rings is 1. The Morgan fingerprint density at radius 3 is 2.61 bits per heavy atom. The number of hydrogen-bond acceptors (Lipinski definition) is 4. The van der Waals surface area contributed by atoms with Crippen LogP contribution in [-0.4, -0.2) is 43.7 Å². The van der Waals surface area contributed by atoms with Crippen LogP contribution in [0.2, 0.25) is 0 Å². The summed E-state index contributed by atoms with van der Waals surface area (Å²) in [6, 6.07) is 9.02. The maximum absolute atomic E-state index is 4.56. The van der Waals surface area contributed by atoms with Gasteiger partial charge in [0.15, 0.2) is 5.96 Å². The smallest absolute Gasteiger partial charge is 0.191 e. The highest BCUT2D eigenvalue weighted by molar-refractivity contribution is 14.0. The second kappa shape index (κ2) is 10.4. The van der Waals surface area contributed by atoms with Crippen molar-refractivity contribution in [3.05, 3.63) is 46.3 Å². The predicted octanol–water partition coefficient (Wildman–Crippen LogP) is 4.18. The number of anilines is 1. The summed E-state index contributed by atoms with van der Waals surface area (Å²) >= 11 is 1.81. The highest BCUT2D eigenvalue weighted by Gasteiger charge is 2.24. The van der Waals surface area contributed by atoms with Crippen LogP contribution in [0.25, 0.3) is 0 Å². The second-order valence-corrected chi connectivity index (χ2v) is 8.83. The van der Waals surface area contributed by atoms with Crippen molar-refractivity contribution in [3.63, 3.8) is 0 Å². The number of aryl methyl sites for hydroxylation is 1. The molecule has 2 aromatic rings. The zero-order chi connectivity index (χ0) is 19.3. The molecule has 0 aliphatic carbocycles. The molecule has 28 heavy (non-hydrogen) atoms. The Morgan fingerprint density at radius 1 is 1.29 bits per heavy atom. The van der Waals surface area contributed by atoms with Gasteiger partial charge in [0.1, 0.15) is 5.82 Å². The highest BCUT2D eigenvalue weighted by Crippen LogP contribution is 2.26. The van der Waals surface area contributed by atoms with Crippen LogP contribution in [0, 0.1) is 6.92 Å². The van der Waals surface area contributed by atoms with Gasteiger partial charge in [0.25, 0.3) is 0 Å². The fraction of sp³-hybridized carbons (Fsp3) is 0.524. The SMILES string of the molecule is CN=C(NCC(C)(C)c1cccs1)NC1CCN(c2ccc(C)cn2)CC1.I. The molecule has 0 spiro atoms. The molecule has 154 valence electrons. The summed E-state index contributed by atoms with van der Waals surface area (Å²) in [6.45, 7) is 9.51. The zero-order valence-electron chi connectivity index (χ0n) is 17.2. The average Bonchev–Trinajstić information content (AvgIpc) is 3.22. The Balaban J connectivity index is 0.00000280. The molecule has 1 fully saturated rings. The van der Waals surface area contributed by atoms with Gasteiger partial charge in [-0.3, -0.25) is 4.99 Å². The Bertz CT molecular complexity index is 735. The quantitative estimate of drug-likeness (QED) is 0.358. The molecular weight excluding hydrogens is 481 g/mol. The normalized spacial score (nSPS) is 15.9. The van der Waals surface area contributed by atoms with E-state index in [2.05, 4.69) is 75.9 Å². The second-order valence-electron chi connectivity index (χ2n) is 7.89. The number of thiophene rings is 1. The van der Waals surface area contributed by atoms with Crippen molar-refractivity contribution in [2.45, 2.75) is 45.1 Å². The predicted molar refractivity (Wildman–Crippen MR) is 131 cm³/mol. The number of guanidine groups is 1. The number of aliphatic imine (C=N–C) groups is 1. The van der Waals surface area contributed by atoms with Crippen molar-refractivity contribution in [2.75, 3.05) is 31.6 Å². The zero-order valence-corrected chi connectivity index (χ0v) is 20.4. The number of hydrogen-bond donors (Lipinski definition) is 2. The van der Waals surface area contributed by atoms with Gasteiger partial charge in [-0.25, -0.2) is 4.98 Å². The number of halogens is 1. The van der Waals surface area contributed by atoms with Gasteiger partial charge in [0.2, 0.25) is 0 Å². The Kier molecular flexibility index (Phi) is 8.55. The van der Waals surface area contributed by atoms with E-state index in [1.54, 1.807) is 0 Å². The van der Waals surface area contributed by atoms with Gasteiger partial charge < -0.3 is 15.5 Å². The monoisotopic (exact) mass is 513 g/mol. The van der Waals surface area contributed by atoms with E-state index in [0.717, 1.165) is 44.3 Å². The molecule has 2 N–H and O–H groups in total. The van der Waals surface area contributed by atoms with E-state index < -0.39 is 0 Å². The maximum atomic E-state index is 4.56. The average molecular weight is 513 g/mol. The van der Waals surface area contributed by atoms with Gasteiger partial charge in [-0.05, 0) is 42.8 Å². The van der Waals surface area contributed by atoms with Crippen LogP contribution in [0.15, 0.2) is 40.8 Å². The molecule has 0 unspecified atom stereocenters. The molecule has 0 amide bonds. The van der Waals surface area contributed by atoms with E-state index in [0.29, 0.717) is 6.04 Å². The van der Waals surface area contributed by atoms with Crippen LogP contribution in [0.5, 0.6) is 0 Å². The minimum Gasteiger partial charge on any atom is -0.356 e. The minimum atomic E-state index is 0. The molecule has 0 radical (unpaired) electrons. The highest BCUT2D eigenvalue weighted by atomic mass is 127. The maximum Gasteiger partial charge on any atom is 0.191 e. The number of nitrogens with one attached hydrogen (secondary N) is 2. The number of nitrogens with zero attached hydrogens (tertiary/aromatic N) is 3. The number of piperidine rings is 1. The summed E-state index contributed by atoms with van der Waals surface area (Å²) in [5, 5.41) is 9.25. The molecule has 5 nitrogen and oxygen atoms in total. The van der Waals surface area contributed by atoms with Crippen molar-refractivity contribution >= 4 is 47.1 Å². The van der Waals surface area contributed by atoms with Crippen molar-refractivity contribution in [3.8, 4) is 0 Å². The summed E-state index contributed by atoms with van der Waals surface area (Å²) in [5.74, 6) is 1.98. The van der Waals surface area contributed by atoms with E-state index in [1.807, 2.05) is 24.6 Å². The van der Waals surface area contributed by atoms with Gasteiger partial charge in [-0.1, -0.05) is 26.0 Å². The third-order valence-electron chi connectivity index (χ3n) is 5.17. The van der Waals surface area contributed by atoms with E-state index in [9.17, 15) is 0 Å². The van der Waals surface area contributed by atoms with Gasteiger partial charge in [0.05, 0.1) is 0 Å². The lowest BCUT2D eigenvalue weighted by atomic mass is 9.91. The molecule has 0 atom stereocenters. The molecule has 1 aliphatic rings. The molecule has 0 saturated carbocycles. The molecule has 0 bridgehead atoms. The lowest BCUT2D eigenvalue weighted by molar-refractivity contribution is 0.453. The molecule has 0 aromatic carbocycles. The van der Waals surface area contributed by atoms with Gasteiger partial charge in [-0.2, -0.15) is 0 Å². The third kappa shape index (κ3) is 6.07. The first-order chi connectivity index (χ1) is 13.0. The number of aromatic nitrogens is 1. The van der Waals surface area contributed by atoms with Crippen LogP contribution < -0.4 is 15.5 Å². The van der Waals surface area contributed by atoms with Crippen molar-refractivity contribution in [1.29, 1.82) is 0 Å². The molecule has 7 heteroatoms. The fourth-order valence-electron chi connectivity index (χ4n) is 3.34. The molecule has 3 rings (SSSR count). The molecular formula is C21H32IN5S. The standard InChI is InChI=1S/C21H31N5S.HI/c1-16-7-8-19(23-14-16)26-11-9-17(10-12-26)25-20(22-4)24-15-21(2,3)18-6-5-13-27-18;/h5-8,13-14,17H,9-12,15H2,1-4H3,(H2,22,24,25);1H. The first kappa shape index (κ1) is 22.9. The van der Waals surface area contributed by atoms with E-state index in [4.69, 9.17) is 0 Å². The van der Waals surface area contributed by atoms with E-state index in [-0.39, 0.29) is 29.4 Å². The Morgan fingerprint density at radius 2 is 2.04 bits per heavy atom. The largest absolute Gasteiger partial charge is 0.356 e. The van der Waals surface area contributed by atoms with Gasteiger partial charge in [0, 0.05) is 49.2 Å². The summed E-state index contributed by atoms with van der Waals surface area (Å²) in [5.41, 5.74) is 1.29. The van der Waals surface area contributed by atoms with Crippen LogP contribution in [0.4, 0.5) is 5.82 Å². The van der Waals surface area contributed by atoms with Crippen molar-refractivity contribution < 1.29 is 0 Å². The third-order valence-corrected chi connectivity index (χ3v) is 6.40. The van der Waals surface area contributed by atoms with Crippen molar-refractivity contribution in [1.82, 2.24) is 15.6 Å². The van der Waals surface area contributed by atoms with Crippen LogP contribution >= 0.6 is 35.3 Å². The minimum absolute atomic E-state index is 0.